The first-order valence-electron chi connectivity index (χ1n) is 8.51. The Balaban J connectivity index is 1.53. The molecule has 24 heavy (non-hydrogen) atoms. The Bertz CT molecular complexity index is 736. The van der Waals surface area contributed by atoms with E-state index in [0.29, 0.717) is 19.6 Å². The van der Waals surface area contributed by atoms with Crippen molar-refractivity contribution in [1.82, 2.24) is 15.1 Å². The third-order valence-electron chi connectivity index (χ3n) is 4.84. The summed E-state index contributed by atoms with van der Waals surface area (Å²) in [4.78, 5) is 12.2. The molecule has 0 fully saturated rings. The predicted molar refractivity (Wildman–Crippen MR) is 92.9 cm³/mol. The van der Waals surface area contributed by atoms with Crippen molar-refractivity contribution in [3.8, 4) is 0 Å². The number of aryl methyl sites for hydroxylation is 2. The molecule has 3 rings (SSSR count). The summed E-state index contributed by atoms with van der Waals surface area (Å²) < 4.78 is 7.70. The highest BCUT2D eigenvalue weighted by molar-refractivity contribution is 5.76. The van der Waals surface area contributed by atoms with Crippen molar-refractivity contribution in [2.24, 2.45) is 7.05 Å². The zero-order valence-electron chi connectivity index (χ0n) is 14.6. The van der Waals surface area contributed by atoms with E-state index in [0.717, 1.165) is 24.2 Å². The fourth-order valence-electron chi connectivity index (χ4n) is 3.36. The first-order chi connectivity index (χ1) is 11.6. The van der Waals surface area contributed by atoms with Crippen LogP contribution in [0.3, 0.4) is 0 Å². The monoisotopic (exact) mass is 327 g/mol. The summed E-state index contributed by atoms with van der Waals surface area (Å²) in [5, 5.41) is 7.42. The Labute approximate surface area is 143 Å². The van der Waals surface area contributed by atoms with E-state index in [9.17, 15) is 4.79 Å². The molecule has 1 unspecified atom stereocenters. The van der Waals surface area contributed by atoms with Crippen molar-refractivity contribution in [1.29, 1.82) is 0 Å². The van der Waals surface area contributed by atoms with Gasteiger partial charge in [0.2, 0.25) is 5.91 Å². The number of carbonyl (C=O) groups excluding carboxylic acids is 1. The van der Waals surface area contributed by atoms with Crippen LogP contribution < -0.4 is 5.32 Å². The number of hydrogen-bond acceptors (Lipinski definition) is 3. The van der Waals surface area contributed by atoms with Gasteiger partial charge in [0.1, 0.15) is 6.10 Å². The van der Waals surface area contributed by atoms with Crippen molar-refractivity contribution in [2.45, 2.75) is 39.2 Å². The van der Waals surface area contributed by atoms with Crippen LogP contribution >= 0.6 is 0 Å². The van der Waals surface area contributed by atoms with Crippen molar-refractivity contribution >= 4 is 5.91 Å². The van der Waals surface area contributed by atoms with Crippen molar-refractivity contribution in [3.05, 3.63) is 52.3 Å². The number of nitrogens with one attached hydrogen (secondary N) is 1. The molecule has 1 atom stereocenters. The molecule has 1 N–H and O–H groups in total. The Morgan fingerprint density at radius 1 is 1.38 bits per heavy atom. The highest BCUT2D eigenvalue weighted by atomic mass is 16.5. The van der Waals surface area contributed by atoms with Crippen LogP contribution in [0.15, 0.2) is 24.3 Å². The number of carbonyl (C=O) groups is 1. The zero-order valence-corrected chi connectivity index (χ0v) is 14.6. The van der Waals surface area contributed by atoms with E-state index in [2.05, 4.69) is 28.6 Å². The summed E-state index contributed by atoms with van der Waals surface area (Å²) in [7, 11) is 1.93. The second-order valence-electron chi connectivity index (χ2n) is 6.39. The van der Waals surface area contributed by atoms with Gasteiger partial charge in [-0.05, 0) is 43.4 Å². The Morgan fingerprint density at radius 2 is 2.17 bits per heavy atom. The van der Waals surface area contributed by atoms with Gasteiger partial charge in [0, 0.05) is 25.7 Å². The van der Waals surface area contributed by atoms with Crippen molar-refractivity contribution in [3.63, 3.8) is 0 Å². The van der Waals surface area contributed by atoms with Crippen LogP contribution in [-0.4, -0.2) is 28.8 Å². The largest absolute Gasteiger partial charge is 0.371 e. The van der Waals surface area contributed by atoms with Crippen LogP contribution in [0.4, 0.5) is 0 Å². The van der Waals surface area contributed by atoms with E-state index < -0.39 is 0 Å². The SMILES string of the molecule is Cc1nn(C)c(C)c1CCC(=O)NCC1OCCc2ccccc21. The Hall–Kier alpha value is -2.14. The van der Waals surface area contributed by atoms with Crippen LogP contribution in [0.1, 0.15) is 40.6 Å². The molecule has 128 valence electrons. The third kappa shape index (κ3) is 3.51. The molecule has 0 saturated heterocycles. The van der Waals surface area contributed by atoms with E-state index in [1.807, 2.05) is 31.6 Å². The Morgan fingerprint density at radius 3 is 2.92 bits per heavy atom. The van der Waals surface area contributed by atoms with Gasteiger partial charge < -0.3 is 10.1 Å². The molecule has 1 aliphatic rings. The number of aromatic nitrogens is 2. The molecule has 0 spiro atoms. The maximum absolute atomic E-state index is 12.2. The molecule has 0 radical (unpaired) electrons. The van der Waals surface area contributed by atoms with Gasteiger partial charge in [-0.15, -0.1) is 0 Å². The number of hydrogen-bond donors (Lipinski definition) is 1. The summed E-state index contributed by atoms with van der Waals surface area (Å²) in [6.45, 7) is 5.28. The van der Waals surface area contributed by atoms with Gasteiger partial charge in [-0.25, -0.2) is 0 Å². The van der Waals surface area contributed by atoms with Gasteiger partial charge in [-0.2, -0.15) is 5.10 Å². The van der Waals surface area contributed by atoms with E-state index >= 15 is 0 Å². The van der Waals surface area contributed by atoms with Crippen molar-refractivity contribution < 1.29 is 9.53 Å². The molecule has 1 amide bonds. The van der Waals surface area contributed by atoms with Crippen LogP contribution in [0, 0.1) is 13.8 Å². The summed E-state index contributed by atoms with van der Waals surface area (Å²) in [6, 6.07) is 8.31. The van der Waals surface area contributed by atoms with Crippen LogP contribution in [0.2, 0.25) is 0 Å². The molecular formula is C19H25N3O2. The quantitative estimate of drug-likeness (QED) is 0.917. The lowest BCUT2D eigenvalue weighted by atomic mass is 9.97. The molecule has 0 bridgehead atoms. The standard InChI is InChI=1S/C19H25N3O2/c1-13-16(14(2)22(3)21-13)8-9-19(23)20-12-18-17-7-5-4-6-15(17)10-11-24-18/h4-7,18H,8-12H2,1-3H3,(H,20,23). The molecular weight excluding hydrogens is 302 g/mol. The zero-order chi connectivity index (χ0) is 17.1. The number of benzene rings is 1. The summed E-state index contributed by atoms with van der Waals surface area (Å²) in [5.41, 5.74) is 5.83. The minimum absolute atomic E-state index is 0.0410. The van der Waals surface area contributed by atoms with E-state index in [4.69, 9.17) is 4.74 Å². The number of nitrogens with zero attached hydrogens (tertiary/aromatic N) is 2. The second kappa shape index (κ2) is 7.18. The number of fused-ring (bicyclic) bond motifs is 1. The third-order valence-corrected chi connectivity index (χ3v) is 4.84. The van der Waals surface area contributed by atoms with Gasteiger partial charge in [0.15, 0.2) is 0 Å². The fourth-order valence-corrected chi connectivity index (χ4v) is 3.36. The average Bonchev–Trinajstić information content (AvgIpc) is 2.83. The molecule has 2 aromatic rings. The smallest absolute Gasteiger partial charge is 0.220 e. The lowest BCUT2D eigenvalue weighted by molar-refractivity contribution is -0.121. The lowest BCUT2D eigenvalue weighted by Crippen LogP contribution is -2.32. The minimum Gasteiger partial charge on any atom is -0.371 e. The molecule has 0 saturated carbocycles. The maximum Gasteiger partial charge on any atom is 0.220 e. The van der Waals surface area contributed by atoms with E-state index in [-0.39, 0.29) is 12.0 Å². The first kappa shape index (κ1) is 16.7. The van der Waals surface area contributed by atoms with Crippen LogP contribution in [0.25, 0.3) is 0 Å². The number of amides is 1. The van der Waals surface area contributed by atoms with Gasteiger partial charge in [-0.3, -0.25) is 9.48 Å². The summed E-state index contributed by atoms with van der Waals surface area (Å²) in [6.07, 6.45) is 2.10. The highest BCUT2D eigenvalue weighted by Gasteiger charge is 2.21. The number of ether oxygens (including phenoxy) is 1. The number of rotatable bonds is 5. The summed E-state index contributed by atoms with van der Waals surface area (Å²) in [5.74, 6) is 0.0595. The predicted octanol–water partition coefficient (Wildman–Crippen LogP) is 2.40. The summed E-state index contributed by atoms with van der Waals surface area (Å²) >= 11 is 0. The van der Waals surface area contributed by atoms with Crippen LogP contribution in [-0.2, 0) is 29.4 Å². The molecule has 5 heteroatoms. The minimum atomic E-state index is -0.0410. The molecule has 5 nitrogen and oxygen atoms in total. The van der Waals surface area contributed by atoms with Crippen LogP contribution in [0.5, 0.6) is 0 Å². The topological polar surface area (TPSA) is 56.2 Å². The van der Waals surface area contributed by atoms with E-state index in [1.54, 1.807) is 0 Å². The lowest BCUT2D eigenvalue weighted by Gasteiger charge is -2.26. The molecule has 1 aromatic heterocycles. The molecule has 1 aliphatic heterocycles. The molecule has 0 aliphatic carbocycles. The first-order valence-corrected chi connectivity index (χ1v) is 8.51. The van der Waals surface area contributed by atoms with Gasteiger partial charge in [0.05, 0.1) is 12.3 Å². The molecule has 2 heterocycles. The highest BCUT2D eigenvalue weighted by Crippen LogP contribution is 2.26. The van der Waals surface area contributed by atoms with Gasteiger partial charge in [0.25, 0.3) is 0 Å². The van der Waals surface area contributed by atoms with Gasteiger partial charge >= 0.3 is 0 Å². The van der Waals surface area contributed by atoms with E-state index in [1.165, 1.54) is 16.7 Å². The average molecular weight is 327 g/mol. The maximum atomic E-state index is 12.2. The fraction of sp³-hybridized carbons (Fsp3) is 0.474. The normalized spacial score (nSPS) is 16.7. The molecule has 1 aromatic carbocycles. The van der Waals surface area contributed by atoms with Crippen molar-refractivity contribution in [2.75, 3.05) is 13.2 Å². The van der Waals surface area contributed by atoms with Gasteiger partial charge in [-0.1, -0.05) is 24.3 Å². The second-order valence-corrected chi connectivity index (χ2v) is 6.39. The Kier molecular flexibility index (Phi) is 5.00.